The zero-order chi connectivity index (χ0) is 19.0. The zero-order valence-corrected chi connectivity index (χ0v) is 17.0. The first-order valence-corrected chi connectivity index (χ1v) is 11.7. The van der Waals surface area contributed by atoms with Gasteiger partial charge in [0.05, 0.1) is 12.1 Å². The van der Waals surface area contributed by atoms with Crippen molar-refractivity contribution in [2.24, 2.45) is 35.5 Å². The summed E-state index contributed by atoms with van der Waals surface area (Å²) in [5.41, 5.74) is 0.603. The average Bonchev–Trinajstić information content (AvgIpc) is 3.20. The molecule has 6 aliphatic rings. The van der Waals surface area contributed by atoms with Crippen molar-refractivity contribution in [3.8, 4) is 0 Å². The highest BCUT2D eigenvalue weighted by Crippen LogP contribution is 2.64. The van der Waals surface area contributed by atoms with E-state index in [1.54, 1.807) is 0 Å². The van der Waals surface area contributed by atoms with Gasteiger partial charge in [-0.1, -0.05) is 18.9 Å². The molecule has 4 aliphatic carbocycles. The molecule has 5 nitrogen and oxygen atoms in total. The molecule has 28 heavy (non-hydrogen) atoms. The maximum Gasteiger partial charge on any atom is 0.414 e. The number of hydrogen-bond donors (Lipinski definition) is 2. The highest BCUT2D eigenvalue weighted by molar-refractivity contribution is 5.72. The molecule has 5 heteroatoms. The summed E-state index contributed by atoms with van der Waals surface area (Å²) in [6, 6.07) is 1.03. The molecule has 0 aromatic heterocycles. The Bertz CT molecular complexity index is 708. The summed E-state index contributed by atoms with van der Waals surface area (Å²) in [5, 5.41) is 15.9. The van der Waals surface area contributed by atoms with E-state index >= 15 is 0 Å². The Kier molecular flexibility index (Phi) is 3.94. The maximum absolute atomic E-state index is 12.4. The number of carbonyl (C=O) groups is 1. The molecule has 6 rings (SSSR count). The molecule has 2 heterocycles. The van der Waals surface area contributed by atoms with Crippen LogP contribution in [0.5, 0.6) is 0 Å². The van der Waals surface area contributed by atoms with Gasteiger partial charge in [-0.3, -0.25) is 4.90 Å². The Balaban J connectivity index is 1.42. The normalized spacial score (nSPS) is 52.4. The van der Waals surface area contributed by atoms with Crippen LogP contribution in [-0.2, 0) is 4.74 Å². The van der Waals surface area contributed by atoms with Crippen LogP contribution < -0.4 is 5.32 Å². The van der Waals surface area contributed by atoms with Crippen LogP contribution in [0.25, 0.3) is 0 Å². The number of allylic oxidation sites excluding steroid dienone is 1. The van der Waals surface area contributed by atoms with E-state index in [0.29, 0.717) is 54.8 Å². The Hall–Kier alpha value is -1.07. The van der Waals surface area contributed by atoms with Crippen LogP contribution in [0, 0.1) is 35.5 Å². The van der Waals surface area contributed by atoms with E-state index in [9.17, 15) is 9.90 Å². The number of nitrogens with one attached hydrogen (secondary N) is 1. The minimum Gasteiger partial charge on any atom is -0.447 e. The van der Waals surface area contributed by atoms with Crippen molar-refractivity contribution < 1.29 is 14.6 Å². The van der Waals surface area contributed by atoms with Gasteiger partial charge in [-0.2, -0.15) is 0 Å². The topological polar surface area (TPSA) is 61.8 Å². The third-order valence-electron chi connectivity index (χ3n) is 9.34. The SMILES string of the molecule is C[C@H]1CC[C@H]2[C@H](C[C@H]3C[C@]2(O)C2C=C(N4CCOC4=O)[C@@H]4CCCC[C@H]4C23)N1. The van der Waals surface area contributed by atoms with E-state index in [-0.39, 0.29) is 12.0 Å². The summed E-state index contributed by atoms with van der Waals surface area (Å²) in [5.74, 6) is 2.91. The van der Waals surface area contributed by atoms with Gasteiger partial charge in [0, 0.05) is 35.5 Å². The molecule has 154 valence electrons. The molecule has 5 fully saturated rings. The smallest absolute Gasteiger partial charge is 0.414 e. The molecule has 2 aliphatic heterocycles. The average molecular weight is 387 g/mol. The van der Waals surface area contributed by atoms with Gasteiger partial charge in [0.25, 0.3) is 0 Å². The van der Waals surface area contributed by atoms with Crippen LogP contribution in [0.15, 0.2) is 11.8 Å². The van der Waals surface area contributed by atoms with E-state index in [1.807, 2.05) is 4.90 Å². The Morgan fingerprint density at radius 3 is 2.93 bits per heavy atom. The number of ether oxygens (including phenoxy) is 1. The number of hydrogen-bond acceptors (Lipinski definition) is 4. The third kappa shape index (κ3) is 2.35. The Morgan fingerprint density at radius 1 is 1.25 bits per heavy atom. The lowest BCUT2D eigenvalue weighted by Crippen LogP contribution is -2.58. The molecule has 1 amide bonds. The van der Waals surface area contributed by atoms with Gasteiger partial charge in [-0.15, -0.1) is 0 Å². The van der Waals surface area contributed by atoms with E-state index < -0.39 is 5.60 Å². The molecule has 9 atom stereocenters. The molecule has 2 unspecified atom stereocenters. The molecule has 3 saturated carbocycles. The van der Waals surface area contributed by atoms with Crippen molar-refractivity contribution in [3.05, 3.63) is 11.8 Å². The lowest BCUT2D eigenvalue weighted by atomic mass is 9.61. The van der Waals surface area contributed by atoms with Gasteiger partial charge in [-0.05, 0) is 63.2 Å². The van der Waals surface area contributed by atoms with Crippen molar-refractivity contribution in [3.63, 3.8) is 0 Å². The summed E-state index contributed by atoms with van der Waals surface area (Å²) >= 11 is 0. The second kappa shape index (κ2) is 6.21. The standard InChI is InChI=1S/C23H34N2O3/c1-13-6-7-17-19(24-13)10-14-12-23(17,27)18-11-20(25-8-9-28-22(25)26)15-4-2-3-5-16(15)21(14)18/h11,13-19,21,24,27H,2-10,12H2,1H3/t13-,14-,15+,16+,17-,18?,19-,21?,23+/m0/s1. The molecule has 2 N–H and O–H groups in total. The van der Waals surface area contributed by atoms with Crippen molar-refractivity contribution in [1.29, 1.82) is 0 Å². The highest BCUT2D eigenvalue weighted by Gasteiger charge is 2.65. The van der Waals surface area contributed by atoms with Gasteiger partial charge in [0.2, 0.25) is 0 Å². The molecule has 0 aromatic carbocycles. The van der Waals surface area contributed by atoms with Crippen LogP contribution in [-0.4, -0.2) is 46.9 Å². The summed E-state index contributed by atoms with van der Waals surface area (Å²) in [7, 11) is 0. The van der Waals surface area contributed by atoms with Crippen molar-refractivity contribution >= 4 is 6.09 Å². The van der Waals surface area contributed by atoms with Crippen LogP contribution >= 0.6 is 0 Å². The van der Waals surface area contributed by atoms with Gasteiger partial charge in [-0.25, -0.2) is 4.79 Å². The van der Waals surface area contributed by atoms with E-state index in [1.165, 1.54) is 37.8 Å². The maximum atomic E-state index is 12.4. The monoisotopic (exact) mass is 386 g/mol. The van der Waals surface area contributed by atoms with Crippen LogP contribution in [0.1, 0.15) is 58.3 Å². The summed E-state index contributed by atoms with van der Waals surface area (Å²) in [4.78, 5) is 14.3. The van der Waals surface area contributed by atoms with Crippen LogP contribution in [0.4, 0.5) is 4.79 Å². The second-order valence-electron chi connectivity index (χ2n) is 10.6. The number of nitrogens with zero attached hydrogens (tertiary/aromatic N) is 1. The molecule has 2 bridgehead atoms. The van der Waals surface area contributed by atoms with E-state index in [4.69, 9.17) is 4.74 Å². The molecular formula is C23H34N2O3. The van der Waals surface area contributed by atoms with Crippen molar-refractivity contribution in [1.82, 2.24) is 10.2 Å². The Labute approximate surface area is 167 Å². The molecule has 0 aromatic rings. The van der Waals surface area contributed by atoms with Crippen molar-refractivity contribution in [2.45, 2.75) is 76.0 Å². The van der Waals surface area contributed by atoms with E-state index in [2.05, 4.69) is 18.3 Å². The predicted molar refractivity (Wildman–Crippen MR) is 105 cm³/mol. The number of cyclic esters (lactones) is 1. The minimum atomic E-state index is -0.595. The first-order chi connectivity index (χ1) is 13.6. The van der Waals surface area contributed by atoms with Crippen molar-refractivity contribution in [2.75, 3.05) is 13.2 Å². The van der Waals surface area contributed by atoms with Crippen LogP contribution in [0.3, 0.4) is 0 Å². The van der Waals surface area contributed by atoms with Gasteiger partial charge in [0.15, 0.2) is 0 Å². The largest absolute Gasteiger partial charge is 0.447 e. The predicted octanol–water partition coefficient (Wildman–Crippen LogP) is 3.29. The second-order valence-corrected chi connectivity index (χ2v) is 10.6. The summed E-state index contributed by atoms with van der Waals surface area (Å²) in [6.07, 6.45) is 11.7. The summed E-state index contributed by atoms with van der Waals surface area (Å²) < 4.78 is 5.29. The number of piperidine rings is 1. The molecular weight excluding hydrogens is 352 g/mol. The Morgan fingerprint density at radius 2 is 2.11 bits per heavy atom. The quantitative estimate of drug-likeness (QED) is 0.726. The fourth-order valence-corrected chi connectivity index (χ4v) is 8.39. The highest BCUT2D eigenvalue weighted by atomic mass is 16.6. The fourth-order valence-electron chi connectivity index (χ4n) is 8.39. The van der Waals surface area contributed by atoms with Gasteiger partial charge >= 0.3 is 6.09 Å². The lowest BCUT2D eigenvalue weighted by molar-refractivity contribution is -0.0869. The first-order valence-electron chi connectivity index (χ1n) is 11.7. The van der Waals surface area contributed by atoms with Gasteiger partial charge < -0.3 is 15.2 Å². The lowest BCUT2D eigenvalue weighted by Gasteiger charge is -2.49. The number of carbonyl (C=O) groups excluding carboxylic acids is 1. The summed E-state index contributed by atoms with van der Waals surface area (Å²) in [6.45, 7) is 3.47. The number of fused-ring (bicyclic) bond motifs is 9. The van der Waals surface area contributed by atoms with E-state index in [0.717, 1.165) is 19.3 Å². The molecule has 0 radical (unpaired) electrons. The molecule has 2 saturated heterocycles. The molecule has 0 spiro atoms. The number of amides is 1. The van der Waals surface area contributed by atoms with Gasteiger partial charge in [0.1, 0.15) is 6.61 Å². The number of aliphatic hydroxyl groups is 1. The first kappa shape index (κ1) is 17.8. The fraction of sp³-hybridized carbons (Fsp3) is 0.870. The number of rotatable bonds is 1. The minimum absolute atomic E-state index is 0.173. The zero-order valence-electron chi connectivity index (χ0n) is 17.0. The third-order valence-corrected chi connectivity index (χ3v) is 9.34. The van der Waals surface area contributed by atoms with Crippen LogP contribution in [0.2, 0.25) is 0 Å².